The number of hydrogen-bond acceptors (Lipinski definition) is 7. The Kier molecular flexibility index (Phi) is 6.67. The molecule has 1 aliphatic carbocycles. The molecule has 1 aliphatic rings. The molecule has 0 radical (unpaired) electrons. The van der Waals surface area contributed by atoms with Crippen molar-refractivity contribution in [3.05, 3.63) is 23.2 Å². The first-order chi connectivity index (χ1) is 9.06. The van der Waals surface area contributed by atoms with Gasteiger partial charge in [-0.25, -0.2) is 4.98 Å². The van der Waals surface area contributed by atoms with Crippen LogP contribution in [0.1, 0.15) is 31.4 Å². The van der Waals surface area contributed by atoms with Crippen molar-refractivity contribution in [2.45, 2.75) is 31.8 Å². The van der Waals surface area contributed by atoms with E-state index in [9.17, 15) is 9.90 Å². The average Bonchev–Trinajstić information content (AvgIpc) is 2.78. The van der Waals surface area contributed by atoms with Gasteiger partial charge in [-0.05, 0) is 25.7 Å². The van der Waals surface area contributed by atoms with Gasteiger partial charge in [0.1, 0.15) is 11.8 Å². The van der Waals surface area contributed by atoms with Crippen LogP contribution in [0.2, 0.25) is 0 Å². The summed E-state index contributed by atoms with van der Waals surface area (Å²) in [6, 6.07) is 0. The first kappa shape index (κ1) is 17.2. The molecule has 0 bridgehead atoms. The van der Waals surface area contributed by atoms with Crippen LogP contribution in [-0.2, 0) is 9.63 Å². The molecule has 1 heterocycles. The molecule has 102 valence electrons. The van der Waals surface area contributed by atoms with E-state index in [2.05, 4.69) is 16.7 Å². The Labute approximate surface area is 143 Å². The van der Waals surface area contributed by atoms with Gasteiger partial charge in [-0.3, -0.25) is 0 Å². The number of oxime groups is 1. The predicted molar refractivity (Wildman–Crippen MR) is 70.6 cm³/mol. The molecule has 0 spiro atoms. The number of carbonyl (C=O) groups is 1. The quantitative estimate of drug-likeness (QED) is 0.292. The number of nitrogen functional groups attached to an aromatic ring is 1. The SMILES string of the molecule is C=C1CCC(ON=C(C(=O)[O-])c2csc(N)n2)CC1.[Na+]. The molecule has 0 aliphatic heterocycles. The summed E-state index contributed by atoms with van der Waals surface area (Å²) in [5.41, 5.74) is 6.50. The van der Waals surface area contributed by atoms with Crippen LogP contribution in [0.4, 0.5) is 5.13 Å². The van der Waals surface area contributed by atoms with Gasteiger partial charge in [-0.15, -0.1) is 11.3 Å². The maximum absolute atomic E-state index is 11.0. The fourth-order valence-corrected chi connectivity index (χ4v) is 2.36. The number of hydrogen-bond donors (Lipinski definition) is 1. The van der Waals surface area contributed by atoms with Crippen molar-refractivity contribution in [2.75, 3.05) is 5.73 Å². The molecule has 1 aromatic rings. The van der Waals surface area contributed by atoms with Crippen molar-refractivity contribution in [1.29, 1.82) is 0 Å². The minimum atomic E-state index is -1.43. The van der Waals surface area contributed by atoms with Crippen LogP contribution >= 0.6 is 11.3 Å². The van der Waals surface area contributed by atoms with Gasteiger partial charge in [0.2, 0.25) is 0 Å². The van der Waals surface area contributed by atoms with E-state index in [1.807, 2.05) is 0 Å². The van der Waals surface area contributed by atoms with E-state index in [1.165, 1.54) is 11.0 Å². The number of allylic oxidation sites excluding steroid dienone is 1. The van der Waals surface area contributed by atoms with Crippen molar-refractivity contribution in [2.24, 2.45) is 5.16 Å². The molecule has 20 heavy (non-hydrogen) atoms. The van der Waals surface area contributed by atoms with Crippen molar-refractivity contribution in [3.8, 4) is 0 Å². The molecule has 6 nitrogen and oxygen atoms in total. The third-order valence-corrected chi connectivity index (χ3v) is 3.56. The average molecular weight is 303 g/mol. The summed E-state index contributed by atoms with van der Waals surface area (Å²) < 4.78 is 0. The largest absolute Gasteiger partial charge is 1.00 e. The Bertz CT molecular complexity index is 520. The molecule has 1 saturated carbocycles. The molecule has 0 aromatic carbocycles. The van der Waals surface area contributed by atoms with E-state index in [-0.39, 0.29) is 52.2 Å². The Morgan fingerprint density at radius 3 is 2.70 bits per heavy atom. The standard InChI is InChI=1S/C12H15N3O3S.Na/c1-7-2-4-8(5-3-7)18-15-10(11(16)17)9-6-19-12(13)14-9;/h6,8H,1-5H2,(H2,13,14)(H,16,17);/q;+1/p-1. The molecule has 0 saturated heterocycles. The van der Waals surface area contributed by atoms with E-state index in [1.54, 1.807) is 0 Å². The van der Waals surface area contributed by atoms with Gasteiger partial charge in [0.15, 0.2) is 10.8 Å². The minimum absolute atomic E-state index is 0. The number of nitrogens with two attached hydrogens (primary N) is 1. The molecule has 0 atom stereocenters. The number of thiazole rings is 1. The van der Waals surface area contributed by atoms with E-state index < -0.39 is 5.97 Å². The summed E-state index contributed by atoms with van der Waals surface area (Å²) in [5.74, 6) is -1.43. The summed E-state index contributed by atoms with van der Waals surface area (Å²) >= 11 is 1.14. The Hall–Kier alpha value is -0.890. The fourth-order valence-electron chi connectivity index (χ4n) is 1.82. The monoisotopic (exact) mass is 303 g/mol. The van der Waals surface area contributed by atoms with Crippen LogP contribution in [-0.4, -0.2) is 22.8 Å². The molecule has 1 aromatic heterocycles. The number of aromatic nitrogens is 1. The minimum Gasteiger partial charge on any atom is -0.543 e. The second-order valence-electron chi connectivity index (χ2n) is 4.35. The zero-order valence-electron chi connectivity index (χ0n) is 11.3. The van der Waals surface area contributed by atoms with Crippen molar-refractivity contribution >= 4 is 28.1 Å². The smallest absolute Gasteiger partial charge is 0.543 e. The van der Waals surface area contributed by atoms with Crippen molar-refractivity contribution in [1.82, 2.24) is 4.98 Å². The topological polar surface area (TPSA) is 101 Å². The first-order valence-corrected chi connectivity index (χ1v) is 6.77. The van der Waals surface area contributed by atoms with E-state index in [0.29, 0.717) is 0 Å². The second kappa shape index (κ2) is 7.78. The summed E-state index contributed by atoms with van der Waals surface area (Å²) in [6.45, 7) is 3.90. The fraction of sp³-hybridized carbons (Fsp3) is 0.417. The number of rotatable bonds is 4. The zero-order chi connectivity index (χ0) is 13.8. The second-order valence-corrected chi connectivity index (χ2v) is 5.24. The van der Waals surface area contributed by atoms with Crippen molar-refractivity contribution in [3.63, 3.8) is 0 Å². The predicted octanol–water partition coefficient (Wildman–Crippen LogP) is -2.30. The summed E-state index contributed by atoms with van der Waals surface area (Å²) in [7, 11) is 0. The van der Waals surface area contributed by atoms with Crippen LogP contribution in [0.5, 0.6) is 0 Å². The maximum atomic E-state index is 11.0. The van der Waals surface area contributed by atoms with Gasteiger partial charge in [0.25, 0.3) is 0 Å². The molecule has 0 amide bonds. The summed E-state index contributed by atoms with van der Waals surface area (Å²) in [4.78, 5) is 20.1. The van der Waals surface area contributed by atoms with Crippen molar-refractivity contribution < 1.29 is 44.3 Å². The van der Waals surface area contributed by atoms with Crippen LogP contribution in [0.25, 0.3) is 0 Å². The normalized spacial score (nSPS) is 16.6. The number of carboxylic acids is 1. The molecule has 8 heteroatoms. The first-order valence-electron chi connectivity index (χ1n) is 5.89. The van der Waals surface area contributed by atoms with Crippen LogP contribution in [0, 0.1) is 0 Å². The maximum Gasteiger partial charge on any atom is 1.00 e. The number of nitrogens with zero attached hydrogens (tertiary/aromatic N) is 2. The molecular formula is C12H14N3NaO3S. The molecule has 2 rings (SSSR count). The number of carbonyl (C=O) groups excluding carboxylic acids is 1. The third-order valence-electron chi connectivity index (χ3n) is 2.89. The zero-order valence-corrected chi connectivity index (χ0v) is 14.1. The summed E-state index contributed by atoms with van der Waals surface area (Å²) in [6.07, 6.45) is 3.26. The van der Waals surface area contributed by atoms with E-state index in [4.69, 9.17) is 10.6 Å². The van der Waals surface area contributed by atoms with E-state index >= 15 is 0 Å². The number of carboxylic acid groups (broad SMARTS) is 1. The van der Waals surface area contributed by atoms with Gasteiger partial charge in [-0.2, -0.15) is 0 Å². The molecule has 0 unspecified atom stereocenters. The Morgan fingerprint density at radius 2 is 2.20 bits per heavy atom. The van der Waals surface area contributed by atoms with Gasteiger partial charge in [0.05, 0.1) is 5.97 Å². The number of anilines is 1. The van der Waals surface area contributed by atoms with Crippen LogP contribution in [0.3, 0.4) is 0 Å². The van der Waals surface area contributed by atoms with Crippen LogP contribution in [0.15, 0.2) is 22.7 Å². The summed E-state index contributed by atoms with van der Waals surface area (Å²) in [5, 5.41) is 16.5. The molecule has 2 N–H and O–H groups in total. The number of aliphatic carboxylic acids is 1. The van der Waals surface area contributed by atoms with Gasteiger partial charge in [-0.1, -0.05) is 17.3 Å². The molecular weight excluding hydrogens is 289 g/mol. The van der Waals surface area contributed by atoms with Gasteiger partial charge >= 0.3 is 29.6 Å². The van der Waals surface area contributed by atoms with Gasteiger partial charge in [0, 0.05) is 5.38 Å². The molecule has 1 fully saturated rings. The third kappa shape index (κ3) is 4.59. The Morgan fingerprint density at radius 1 is 1.55 bits per heavy atom. The van der Waals surface area contributed by atoms with E-state index in [0.717, 1.165) is 37.0 Å². The van der Waals surface area contributed by atoms with Crippen LogP contribution < -0.4 is 40.4 Å². The van der Waals surface area contributed by atoms with Gasteiger partial charge < -0.3 is 20.5 Å². The Balaban J connectivity index is 0.00000200.